The standard InChI is InChI=1S/C18H27FN2O3S/c1-2-21(25(23,24)17-12-10-15(19)11-13-17)14-18(22)20-16-8-6-4-3-5-7-9-16/h10-13,16H,2-9,14H2,1H3,(H,20,22). The maximum Gasteiger partial charge on any atom is 0.243 e. The molecule has 1 amide bonds. The van der Waals surface area contributed by atoms with E-state index in [1.807, 2.05) is 0 Å². The number of carbonyl (C=O) groups is 1. The summed E-state index contributed by atoms with van der Waals surface area (Å²) in [6.07, 6.45) is 7.71. The molecule has 140 valence electrons. The largest absolute Gasteiger partial charge is 0.352 e. The number of amides is 1. The summed E-state index contributed by atoms with van der Waals surface area (Å²) in [4.78, 5) is 12.3. The summed E-state index contributed by atoms with van der Waals surface area (Å²) in [5, 5.41) is 2.98. The molecule has 0 atom stereocenters. The second kappa shape index (κ2) is 9.29. The molecule has 1 aliphatic carbocycles. The van der Waals surface area contributed by atoms with Gasteiger partial charge in [-0.2, -0.15) is 4.31 Å². The van der Waals surface area contributed by atoms with Gasteiger partial charge in [-0.05, 0) is 37.1 Å². The summed E-state index contributed by atoms with van der Waals surface area (Å²) in [5.41, 5.74) is 0. The fraction of sp³-hybridized carbons (Fsp3) is 0.611. The van der Waals surface area contributed by atoms with Gasteiger partial charge in [-0.3, -0.25) is 4.79 Å². The Morgan fingerprint density at radius 3 is 2.24 bits per heavy atom. The molecule has 7 heteroatoms. The molecule has 1 aromatic carbocycles. The number of nitrogens with zero attached hydrogens (tertiary/aromatic N) is 1. The van der Waals surface area contributed by atoms with Crippen molar-refractivity contribution in [2.24, 2.45) is 0 Å². The number of hydrogen-bond donors (Lipinski definition) is 1. The molecular formula is C18H27FN2O3S. The van der Waals surface area contributed by atoms with E-state index in [0.29, 0.717) is 0 Å². The van der Waals surface area contributed by atoms with Crippen LogP contribution in [0.5, 0.6) is 0 Å². The van der Waals surface area contributed by atoms with Crippen LogP contribution in [-0.4, -0.2) is 37.8 Å². The Morgan fingerprint density at radius 2 is 1.68 bits per heavy atom. The smallest absolute Gasteiger partial charge is 0.243 e. The Balaban J connectivity index is 1.99. The fourth-order valence-electron chi connectivity index (χ4n) is 3.16. The molecule has 0 aliphatic heterocycles. The van der Waals surface area contributed by atoms with Gasteiger partial charge in [0.1, 0.15) is 5.82 Å². The molecule has 25 heavy (non-hydrogen) atoms. The first-order valence-electron chi connectivity index (χ1n) is 8.98. The van der Waals surface area contributed by atoms with Crippen LogP contribution in [0.3, 0.4) is 0 Å². The number of benzene rings is 1. The second-order valence-electron chi connectivity index (χ2n) is 6.49. The first kappa shape index (κ1) is 19.8. The van der Waals surface area contributed by atoms with E-state index in [4.69, 9.17) is 0 Å². The Hall–Kier alpha value is -1.47. The predicted octanol–water partition coefficient (Wildman–Crippen LogP) is 3.07. The highest BCUT2D eigenvalue weighted by Gasteiger charge is 2.26. The third kappa shape index (κ3) is 5.78. The number of carbonyl (C=O) groups excluding carboxylic acids is 1. The van der Waals surface area contributed by atoms with E-state index in [1.165, 1.54) is 31.4 Å². The van der Waals surface area contributed by atoms with Gasteiger partial charge in [-0.1, -0.05) is 39.0 Å². The summed E-state index contributed by atoms with van der Waals surface area (Å²) < 4.78 is 39.4. The van der Waals surface area contributed by atoms with Gasteiger partial charge in [0.2, 0.25) is 15.9 Å². The van der Waals surface area contributed by atoms with Gasteiger partial charge in [0, 0.05) is 12.6 Å². The first-order chi connectivity index (χ1) is 11.9. The van der Waals surface area contributed by atoms with Gasteiger partial charge in [-0.15, -0.1) is 0 Å². The summed E-state index contributed by atoms with van der Waals surface area (Å²) in [7, 11) is -3.81. The zero-order valence-corrected chi connectivity index (χ0v) is 15.5. The first-order valence-corrected chi connectivity index (χ1v) is 10.4. The van der Waals surface area contributed by atoms with Crippen LogP contribution in [0.4, 0.5) is 4.39 Å². The lowest BCUT2D eigenvalue weighted by atomic mass is 9.97. The van der Waals surface area contributed by atoms with Crippen molar-refractivity contribution in [1.82, 2.24) is 9.62 Å². The molecule has 1 N–H and O–H groups in total. The maximum atomic E-state index is 13.0. The zero-order chi connectivity index (χ0) is 18.3. The molecule has 1 saturated carbocycles. The highest BCUT2D eigenvalue weighted by Crippen LogP contribution is 2.18. The van der Waals surface area contributed by atoms with Crippen LogP contribution in [0.15, 0.2) is 29.2 Å². The average molecular weight is 370 g/mol. The molecule has 1 fully saturated rings. The van der Waals surface area contributed by atoms with Crippen LogP contribution in [0, 0.1) is 5.82 Å². The van der Waals surface area contributed by atoms with E-state index >= 15 is 0 Å². The molecule has 0 aromatic heterocycles. The maximum absolute atomic E-state index is 13.0. The Bertz CT molecular complexity index is 653. The molecule has 0 heterocycles. The van der Waals surface area contributed by atoms with Crippen LogP contribution in [0.2, 0.25) is 0 Å². The summed E-state index contributed by atoms with van der Waals surface area (Å²) >= 11 is 0. The molecule has 0 spiro atoms. The van der Waals surface area contributed by atoms with Gasteiger partial charge in [-0.25, -0.2) is 12.8 Å². The van der Waals surface area contributed by atoms with Crippen molar-refractivity contribution in [1.29, 1.82) is 0 Å². The predicted molar refractivity (Wildman–Crippen MR) is 95.1 cm³/mol. The number of nitrogens with one attached hydrogen (secondary N) is 1. The molecule has 0 radical (unpaired) electrons. The third-order valence-corrected chi connectivity index (χ3v) is 6.53. The summed E-state index contributed by atoms with van der Waals surface area (Å²) in [5.74, 6) is -0.776. The normalized spacial score (nSPS) is 17.1. The van der Waals surface area contributed by atoms with Crippen LogP contribution < -0.4 is 5.32 Å². The van der Waals surface area contributed by atoms with Gasteiger partial charge in [0.25, 0.3) is 0 Å². The van der Waals surface area contributed by atoms with Crippen LogP contribution >= 0.6 is 0 Å². The van der Waals surface area contributed by atoms with Crippen molar-refractivity contribution in [2.45, 2.75) is 62.8 Å². The SMILES string of the molecule is CCN(CC(=O)NC1CCCCCCC1)S(=O)(=O)c1ccc(F)cc1. The monoisotopic (exact) mass is 370 g/mol. The van der Waals surface area contributed by atoms with Crippen molar-refractivity contribution in [3.8, 4) is 0 Å². The second-order valence-corrected chi connectivity index (χ2v) is 8.43. The zero-order valence-electron chi connectivity index (χ0n) is 14.7. The van der Waals surface area contributed by atoms with E-state index in [9.17, 15) is 17.6 Å². The quantitative estimate of drug-likeness (QED) is 0.837. The number of hydrogen-bond acceptors (Lipinski definition) is 3. The van der Waals surface area contributed by atoms with Crippen LogP contribution in [0.25, 0.3) is 0 Å². The van der Waals surface area contributed by atoms with E-state index < -0.39 is 15.8 Å². The summed E-state index contributed by atoms with van der Waals surface area (Å²) in [6, 6.07) is 4.78. The van der Waals surface area contributed by atoms with Crippen molar-refractivity contribution in [3.63, 3.8) is 0 Å². The van der Waals surface area contributed by atoms with Crippen molar-refractivity contribution >= 4 is 15.9 Å². The molecule has 0 unspecified atom stereocenters. The lowest BCUT2D eigenvalue weighted by Crippen LogP contribution is -2.44. The number of likely N-dealkylation sites (N-methyl/N-ethyl adjacent to an activating group) is 1. The lowest BCUT2D eigenvalue weighted by molar-refractivity contribution is -0.122. The molecule has 0 saturated heterocycles. The highest BCUT2D eigenvalue weighted by molar-refractivity contribution is 7.89. The topological polar surface area (TPSA) is 66.5 Å². The third-order valence-electron chi connectivity index (χ3n) is 4.59. The van der Waals surface area contributed by atoms with Crippen molar-refractivity contribution in [2.75, 3.05) is 13.1 Å². The van der Waals surface area contributed by atoms with E-state index in [0.717, 1.165) is 42.1 Å². The minimum absolute atomic E-state index is 0.00509. The van der Waals surface area contributed by atoms with Gasteiger partial charge < -0.3 is 5.32 Å². The molecule has 5 nitrogen and oxygen atoms in total. The lowest BCUT2D eigenvalue weighted by Gasteiger charge is -2.24. The van der Waals surface area contributed by atoms with Crippen molar-refractivity contribution < 1.29 is 17.6 Å². The van der Waals surface area contributed by atoms with Gasteiger partial charge >= 0.3 is 0 Å². The molecule has 2 rings (SSSR count). The van der Waals surface area contributed by atoms with Crippen LogP contribution in [0.1, 0.15) is 51.9 Å². The number of halogens is 1. The molecule has 0 bridgehead atoms. The average Bonchev–Trinajstić information content (AvgIpc) is 2.55. The molecular weight excluding hydrogens is 343 g/mol. The van der Waals surface area contributed by atoms with Gasteiger partial charge in [0.05, 0.1) is 11.4 Å². The van der Waals surface area contributed by atoms with E-state index in [-0.39, 0.29) is 29.9 Å². The van der Waals surface area contributed by atoms with Crippen LogP contribution in [-0.2, 0) is 14.8 Å². The van der Waals surface area contributed by atoms with E-state index in [2.05, 4.69) is 5.32 Å². The molecule has 1 aliphatic rings. The highest BCUT2D eigenvalue weighted by atomic mass is 32.2. The van der Waals surface area contributed by atoms with E-state index in [1.54, 1.807) is 6.92 Å². The molecule has 1 aromatic rings. The Labute approximate surface area is 149 Å². The summed E-state index contributed by atoms with van der Waals surface area (Å²) in [6.45, 7) is 1.65. The fourth-order valence-corrected chi connectivity index (χ4v) is 4.56. The number of rotatable bonds is 6. The number of sulfonamides is 1. The van der Waals surface area contributed by atoms with Crippen molar-refractivity contribution in [3.05, 3.63) is 30.1 Å². The Kier molecular flexibility index (Phi) is 7.38. The Morgan fingerprint density at radius 1 is 1.12 bits per heavy atom. The minimum Gasteiger partial charge on any atom is -0.352 e. The van der Waals surface area contributed by atoms with Gasteiger partial charge in [0.15, 0.2) is 0 Å². The minimum atomic E-state index is -3.81.